The molecule has 0 atom stereocenters. The fourth-order valence-corrected chi connectivity index (χ4v) is 3.04. The molecule has 3 rings (SSSR count). The third-order valence-electron chi connectivity index (χ3n) is 4.33. The van der Waals surface area contributed by atoms with Gasteiger partial charge in [0, 0.05) is 24.0 Å². The van der Waals surface area contributed by atoms with Crippen LogP contribution in [0, 0.1) is 5.92 Å². The van der Waals surface area contributed by atoms with Gasteiger partial charge in [0.1, 0.15) is 5.15 Å². The first kappa shape index (κ1) is 13.8. The second kappa shape index (κ2) is 6.11. The van der Waals surface area contributed by atoms with Crippen LogP contribution in [0.1, 0.15) is 31.7 Å². The summed E-state index contributed by atoms with van der Waals surface area (Å²) in [6.07, 6.45) is 4.18. The minimum atomic E-state index is 0.649. The highest BCUT2D eigenvalue weighted by atomic mass is 35.5. The molecule has 106 valence electrons. The molecule has 0 saturated heterocycles. The molecule has 1 saturated carbocycles. The van der Waals surface area contributed by atoms with Crippen LogP contribution in [0.25, 0.3) is 10.9 Å². The van der Waals surface area contributed by atoms with Crippen LogP contribution in [-0.4, -0.2) is 23.0 Å². The van der Waals surface area contributed by atoms with Crippen molar-refractivity contribution in [1.29, 1.82) is 0 Å². The highest BCUT2D eigenvalue weighted by molar-refractivity contribution is 6.30. The number of nitrogens with zero attached hydrogens (tertiary/aromatic N) is 2. The van der Waals surface area contributed by atoms with E-state index >= 15 is 0 Å². The number of hydrogen-bond donors (Lipinski definition) is 0. The fourth-order valence-electron chi connectivity index (χ4n) is 2.83. The molecular formula is C17H21ClN2. The van der Waals surface area contributed by atoms with Crippen LogP contribution in [-0.2, 0) is 6.54 Å². The van der Waals surface area contributed by atoms with Gasteiger partial charge in [-0.1, -0.05) is 43.1 Å². The van der Waals surface area contributed by atoms with E-state index in [1.165, 1.54) is 31.2 Å². The number of aromatic nitrogens is 1. The van der Waals surface area contributed by atoms with Crippen LogP contribution in [0.4, 0.5) is 0 Å². The summed E-state index contributed by atoms with van der Waals surface area (Å²) in [5.74, 6) is 0.891. The van der Waals surface area contributed by atoms with Crippen LogP contribution in [0.15, 0.2) is 30.3 Å². The largest absolute Gasteiger partial charge is 0.299 e. The number of fused-ring (bicyclic) bond motifs is 1. The molecular weight excluding hydrogens is 268 g/mol. The van der Waals surface area contributed by atoms with Crippen molar-refractivity contribution in [2.75, 3.05) is 13.1 Å². The summed E-state index contributed by atoms with van der Waals surface area (Å²) in [5, 5.41) is 1.82. The lowest BCUT2D eigenvalue weighted by Gasteiger charge is -2.31. The third kappa shape index (κ3) is 2.97. The summed E-state index contributed by atoms with van der Waals surface area (Å²) in [7, 11) is 0. The molecule has 2 aromatic rings. The van der Waals surface area contributed by atoms with Gasteiger partial charge in [-0.25, -0.2) is 4.98 Å². The molecule has 1 heterocycles. The summed E-state index contributed by atoms with van der Waals surface area (Å²) in [6, 6.07) is 10.4. The van der Waals surface area contributed by atoms with Gasteiger partial charge in [-0.2, -0.15) is 0 Å². The summed E-state index contributed by atoms with van der Waals surface area (Å²) >= 11 is 6.35. The van der Waals surface area contributed by atoms with Crippen molar-refractivity contribution < 1.29 is 0 Å². The first-order chi connectivity index (χ1) is 9.76. The zero-order valence-corrected chi connectivity index (χ0v) is 12.7. The number of benzene rings is 1. The van der Waals surface area contributed by atoms with E-state index in [0.29, 0.717) is 5.15 Å². The standard InChI is InChI=1S/C17H21ClN2/c1-2-20(11-13-6-5-7-13)12-15-10-14-8-3-4-9-16(14)19-17(15)18/h3-4,8-10,13H,2,5-7,11-12H2,1H3. The smallest absolute Gasteiger partial charge is 0.134 e. The Hall–Kier alpha value is -1.12. The lowest BCUT2D eigenvalue weighted by molar-refractivity contribution is 0.178. The van der Waals surface area contributed by atoms with E-state index in [2.05, 4.69) is 28.9 Å². The van der Waals surface area contributed by atoms with Crippen LogP contribution in [0.2, 0.25) is 5.15 Å². The Morgan fingerprint density at radius 3 is 2.80 bits per heavy atom. The molecule has 0 unspecified atom stereocenters. The zero-order valence-electron chi connectivity index (χ0n) is 12.0. The molecule has 0 spiro atoms. The van der Waals surface area contributed by atoms with Crippen LogP contribution in [0.3, 0.4) is 0 Å². The van der Waals surface area contributed by atoms with Crippen molar-refractivity contribution in [3.63, 3.8) is 0 Å². The second-order valence-corrected chi connectivity index (χ2v) is 6.11. The Morgan fingerprint density at radius 2 is 2.10 bits per heavy atom. The van der Waals surface area contributed by atoms with Crippen molar-refractivity contribution in [2.24, 2.45) is 5.92 Å². The summed E-state index contributed by atoms with van der Waals surface area (Å²) in [6.45, 7) is 5.39. The molecule has 0 radical (unpaired) electrons. The average Bonchev–Trinajstić information content (AvgIpc) is 2.41. The lowest BCUT2D eigenvalue weighted by Crippen LogP contribution is -2.32. The molecule has 0 N–H and O–H groups in total. The first-order valence-electron chi connectivity index (χ1n) is 7.52. The van der Waals surface area contributed by atoms with Gasteiger partial charge in [0.2, 0.25) is 0 Å². The number of rotatable bonds is 5. The summed E-state index contributed by atoms with van der Waals surface area (Å²) in [5.41, 5.74) is 2.12. The Balaban J connectivity index is 1.79. The Bertz CT molecular complexity index is 593. The highest BCUT2D eigenvalue weighted by Crippen LogP contribution is 2.28. The van der Waals surface area contributed by atoms with Crippen molar-refractivity contribution in [1.82, 2.24) is 9.88 Å². The SMILES string of the molecule is CCN(Cc1cc2ccccc2nc1Cl)CC1CCC1. The number of hydrogen-bond acceptors (Lipinski definition) is 2. The lowest BCUT2D eigenvalue weighted by atomic mass is 9.85. The van der Waals surface area contributed by atoms with Crippen molar-refractivity contribution in [2.45, 2.75) is 32.7 Å². The molecule has 1 fully saturated rings. The molecule has 3 heteroatoms. The molecule has 0 aliphatic heterocycles. The molecule has 1 aromatic carbocycles. The maximum atomic E-state index is 6.35. The van der Waals surface area contributed by atoms with Crippen LogP contribution >= 0.6 is 11.6 Å². The molecule has 20 heavy (non-hydrogen) atoms. The van der Waals surface area contributed by atoms with Gasteiger partial charge in [-0.15, -0.1) is 0 Å². The normalized spacial score (nSPS) is 15.8. The maximum Gasteiger partial charge on any atom is 0.134 e. The number of halogens is 1. The predicted molar refractivity (Wildman–Crippen MR) is 85.0 cm³/mol. The van der Waals surface area contributed by atoms with Gasteiger partial charge in [-0.05, 0) is 37.4 Å². The molecule has 1 aliphatic rings. The van der Waals surface area contributed by atoms with E-state index in [9.17, 15) is 0 Å². The monoisotopic (exact) mass is 288 g/mol. The fraction of sp³-hybridized carbons (Fsp3) is 0.471. The van der Waals surface area contributed by atoms with Gasteiger partial charge in [0.25, 0.3) is 0 Å². The number of pyridine rings is 1. The van der Waals surface area contributed by atoms with Gasteiger partial charge in [0.05, 0.1) is 5.52 Å². The van der Waals surface area contributed by atoms with Gasteiger partial charge >= 0.3 is 0 Å². The maximum absolute atomic E-state index is 6.35. The minimum Gasteiger partial charge on any atom is -0.299 e. The van der Waals surface area contributed by atoms with Gasteiger partial charge in [0.15, 0.2) is 0 Å². The average molecular weight is 289 g/mol. The molecule has 2 nitrogen and oxygen atoms in total. The van der Waals surface area contributed by atoms with Crippen LogP contribution in [0.5, 0.6) is 0 Å². The molecule has 0 bridgehead atoms. The van der Waals surface area contributed by atoms with E-state index in [0.717, 1.165) is 30.1 Å². The molecule has 0 amide bonds. The highest BCUT2D eigenvalue weighted by Gasteiger charge is 2.20. The third-order valence-corrected chi connectivity index (χ3v) is 4.66. The summed E-state index contributed by atoms with van der Waals surface area (Å²) < 4.78 is 0. The van der Waals surface area contributed by atoms with Gasteiger partial charge < -0.3 is 0 Å². The van der Waals surface area contributed by atoms with Crippen molar-refractivity contribution >= 4 is 22.5 Å². The van der Waals surface area contributed by atoms with Gasteiger partial charge in [-0.3, -0.25) is 4.90 Å². The quantitative estimate of drug-likeness (QED) is 0.753. The topological polar surface area (TPSA) is 16.1 Å². The Morgan fingerprint density at radius 1 is 1.30 bits per heavy atom. The Labute approximate surface area is 125 Å². The van der Waals surface area contributed by atoms with Crippen LogP contribution < -0.4 is 0 Å². The van der Waals surface area contributed by atoms with E-state index in [1.807, 2.05) is 18.2 Å². The van der Waals surface area contributed by atoms with Crippen molar-refractivity contribution in [3.05, 3.63) is 41.0 Å². The van der Waals surface area contributed by atoms with E-state index in [1.54, 1.807) is 0 Å². The molecule has 1 aliphatic carbocycles. The van der Waals surface area contributed by atoms with Crippen molar-refractivity contribution in [3.8, 4) is 0 Å². The first-order valence-corrected chi connectivity index (χ1v) is 7.90. The number of para-hydroxylation sites is 1. The van der Waals surface area contributed by atoms with E-state index < -0.39 is 0 Å². The summed E-state index contributed by atoms with van der Waals surface area (Å²) in [4.78, 5) is 7.00. The molecule has 1 aromatic heterocycles. The Kier molecular flexibility index (Phi) is 4.23. The zero-order chi connectivity index (χ0) is 13.9. The van der Waals surface area contributed by atoms with E-state index in [4.69, 9.17) is 11.6 Å². The minimum absolute atomic E-state index is 0.649. The predicted octanol–water partition coefficient (Wildman–Crippen LogP) is 4.51. The van der Waals surface area contributed by atoms with E-state index in [-0.39, 0.29) is 0 Å². The second-order valence-electron chi connectivity index (χ2n) is 5.76.